The molecule has 10 atom stereocenters. The largest absolute Gasteiger partial charge is 0.432 e. The van der Waals surface area contributed by atoms with Gasteiger partial charge in [0.1, 0.15) is 12.1 Å². The van der Waals surface area contributed by atoms with Gasteiger partial charge in [0.15, 0.2) is 8.32 Å². The average Bonchev–Trinajstić information content (AvgIpc) is 3.68. The molecule has 5 amide bonds. The monoisotopic (exact) mass is 862 g/mol. The van der Waals surface area contributed by atoms with Crippen molar-refractivity contribution >= 4 is 37.9 Å². The van der Waals surface area contributed by atoms with E-state index in [-0.39, 0.29) is 60.3 Å². The van der Waals surface area contributed by atoms with Crippen molar-refractivity contribution in [3.8, 4) is 0 Å². The minimum Gasteiger partial charge on any atom is -0.432 e. The van der Waals surface area contributed by atoms with Gasteiger partial charge in [-0.1, -0.05) is 85.2 Å². The van der Waals surface area contributed by atoms with Crippen molar-refractivity contribution in [2.45, 2.75) is 162 Å². The lowest BCUT2D eigenvalue weighted by molar-refractivity contribution is -0.148. The molecule has 0 aliphatic carbocycles. The quantitative estimate of drug-likeness (QED) is 0.107. The molecule has 0 radical (unpaired) electrons. The molecule has 1 aliphatic rings. The van der Waals surface area contributed by atoms with Crippen molar-refractivity contribution in [2.24, 2.45) is 23.7 Å². The summed E-state index contributed by atoms with van der Waals surface area (Å²) in [6, 6.07) is 6.54. The van der Waals surface area contributed by atoms with Crippen LogP contribution >= 0.6 is 0 Å². The third kappa shape index (κ3) is 14.6. The third-order valence-electron chi connectivity index (χ3n) is 12.4. The fraction of sp³-hybridized carbons (Fsp3) is 0.756. The van der Waals surface area contributed by atoms with E-state index in [1.807, 2.05) is 85.0 Å². The number of carbonyl (C=O) groups is 5. The lowest BCUT2D eigenvalue weighted by Crippen LogP contribution is -2.60. The van der Waals surface area contributed by atoms with E-state index in [1.165, 1.54) is 12.0 Å². The number of rotatable bonds is 24. The summed E-state index contributed by atoms with van der Waals surface area (Å²) in [5, 5.41) is 16.8. The number of carbonyl (C=O) groups excluding carboxylic acids is 5. The molecule has 0 aromatic heterocycles. The van der Waals surface area contributed by atoms with E-state index in [0.717, 1.165) is 6.42 Å². The number of likely N-dealkylation sites (tertiary alicyclic amines) is 1. The minimum atomic E-state index is -2.32. The van der Waals surface area contributed by atoms with Crippen LogP contribution in [0.2, 0.25) is 19.1 Å². The van der Waals surface area contributed by atoms with Crippen molar-refractivity contribution in [3.05, 3.63) is 35.9 Å². The van der Waals surface area contributed by atoms with E-state index < -0.39 is 62.6 Å². The topological polar surface area (TPSA) is 178 Å². The standard InChI is InChI=1S/C45H79N5O9Si/c1-15-30(6)40(49(10)45(56)38(28(2)3)47-44(55)39(29(4)5)48(9)36(51)24-20-26-60(13,14)57)35(58-11)27-37(52)50-25-19-23-34(50)42(59-12)31(7)43(54)46-32(8)41(53)33-21-17-16-18-22-33/h16-18,21-22,28-32,34-35,38-42,53,57H,15,19-20,23-27H2,1-14H3,(H,46,54)(H,47,55)/t30-,31+,32+,34?,35+,38?,39?,40-,41+,42+/m1/s1. The number of benzene rings is 1. The van der Waals surface area contributed by atoms with Gasteiger partial charge in [-0.3, -0.25) is 24.0 Å². The molecular formula is C45H79N5O9Si. The highest BCUT2D eigenvalue weighted by Gasteiger charge is 2.43. The van der Waals surface area contributed by atoms with E-state index >= 15 is 0 Å². The van der Waals surface area contributed by atoms with E-state index in [4.69, 9.17) is 9.47 Å². The van der Waals surface area contributed by atoms with Crippen molar-refractivity contribution < 1.29 is 43.3 Å². The van der Waals surface area contributed by atoms with Gasteiger partial charge in [0, 0.05) is 41.3 Å². The summed E-state index contributed by atoms with van der Waals surface area (Å²) in [6.45, 7) is 19.1. The van der Waals surface area contributed by atoms with Gasteiger partial charge in [-0.05, 0) is 68.6 Å². The molecule has 1 aliphatic heterocycles. The Morgan fingerprint density at radius 3 is 2.03 bits per heavy atom. The summed E-state index contributed by atoms with van der Waals surface area (Å²) < 4.78 is 12.0. The minimum absolute atomic E-state index is 0.0199. The molecule has 1 heterocycles. The zero-order valence-corrected chi connectivity index (χ0v) is 40.1. The maximum absolute atomic E-state index is 14.5. The van der Waals surface area contributed by atoms with Gasteiger partial charge in [0.25, 0.3) is 0 Å². The Kier molecular flexibility index (Phi) is 21.4. The Labute approximate surface area is 361 Å². The lowest BCUT2D eigenvalue weighted by Gasteiger charge is -2.41. The van der Waals surface area contributed by atoms with Crippen LogP contribution in [-0.4, -0.2) is 140 Å². The third-order valence-corrected chi connectivity index (χ3v) is 13.9. The first-order valence-corrected chi connectivity index (χ1v) is 25.1. The fourth-order valence-electron chi connectivity index (χ4n) is 8.58. The number of aliphatic hydroxyl groups is 1. The Morgan fingerprint density at radius 2 is 1.52 bits per heavy atom. The van der Waals surface area contributed by atoms with Gasteiger partial charge in [0.2, 0.25) is 29.5 Å². The summed E-state index contributed by atoms with van der Waals surface area (Å²) in [6.07, 6.45) is 0.598. The Morgan fingerprint density at radius 1 is 0.900 bits per heavy atom. The van der Waals surface area contributed by atoms with Gasteiger partial charge in [-0.25, -0.2) is 0 Å². The van der Waals surface area contributed by atoms with E-state index in [0.29, 0.717) is 37.4 Å². The molecule has 342 valence electrons. The second kappa shape index (κ2) is 24.3. The van der Waals surface area contributed by atoms with Gasteiger partial charge in [-0.2, -0.15) is 0 Å². The SMILES string of the molecule is CC[C@@H](C)[C@H]([C@H](CC(=O)N1CCCC1[C@@H](OC)[C@H](C)C(=O)N[C@@H](C)[C@H](O)c1ccccc1)OC)N(C)C(=O)C(NC(=O)C(C(C)C)N(C)C(=O)CCC[Si](C)(C)O)C(C)C. The number of nitrogens with one attached hydrogen (secondary N) is 2. The predicted molar refractivity (Wildman–Crippen MR) is 237 cm³/mol. The molecule has 0 bridgehead atoms. The van der Waals surface area contributed by atoms with Crippen molar-refractivity contribution in [1.82, 2.24) is 25.3 Å². The van der Waals surface area contributed by atoms with Crippen LogP contribution < -0.4 is 10.6 Å². The van der Waals surface area contributed by atoms with E-state index in [1.54, 1.807) is 44.9 Å². The van der Waals surface area contributed by atoms with Crippen LogP contribution in [0.25, 0.3) is 0 Å². The maximum Gasteiger partial charge on any atom is 0.245 e. The van der Waals surface area contributed by atoms with Crippen LogP contribution in [0, 0.1) is 23.7 Å². The molecule has 1 saturated heterocycles. The number of aliphatic hydroxyl groups excluding tert-OH is 1. The summed E-state index contributed by atoms with van der Waals surface area (Å²) in [5.41, 5.74) is 0.696. The number of methoxy groups -OCH3 is 2. The first-order chi connectivity index (χ1) is 28.0. The van der Waals surface area contributed by atoms with E-state index in [2.05, 4.69) is 10.6 Å². The fourth-order valence-corrected chi connectivity index (χ4v) is 9.62. The van der Waals surface area contributed by atoms with Crippen LogP contribution in [0.15, 0.2) is 30.3 Å². The zero-order valence-electron chi connectivity index (χ0n) is 39.1. The maximum atomic E-state index is 14.5. The molecule has 60 heavy (non-hydrogen) atoms. The van der Waals surface area contributed by atoms with Crippen molar-refractivity contribution in [3.63, 3.8) is 0 Å². The number of ether oxygens (including phenoxy) is 2. The van der Waals surface area contributed by atoms with Crippen molar-refractivity contribution in [1.29, 1.82) is 0 Å². The van der Waals surface area contributed by atoms with E-state index in [9.17, 15) is 33.9 Å². The normalized spacial score (nSPS) is 19.1. The van der Waals surface area contributed by atoms with Crippen LogP contribution in [0.4, 0.5) is 0 Å². The number of hydrogen-bond acceptors (Lipinski definition) is 9. The predicted octanol–water partition coefficient (Wildman–Crippen LogP) is 4.75. The molecule has 2 rings (SSSR count). The van der Waals surface area contributed by atoms with Gasteiger partial charge >= 0.3 is 0 Å². The molecular weight excluding hydrogens is 783 g/mol. The van der Waals surface area contributed by atoms with Gasteiger partial charge in [0.05, 0.1) is 48.8 Å². The average molecular weight is 862 g/mol. The molecule has 3 unspecified atom stereocenters. The molecule has 1 aromatic rings. The lowest BCUT2D eigenvalue weighted by atomic mass is 9.89. The highest BCUT2D eigenvalue weighted by molar-refractivity contribution is 6.69. The highest BCUT2D eigenvalue weighted by Crippen LogP contribution is 2.30. The number of nitrogens with zero attached hydrogens (tertiary/aromatic N) is 3. The number of amides is 5. The summed E-state index contributed by atoms with van der Waals surface area (Å²) in [4.78, 5) is 84.5. The first-order valence-electron chi connectivity index (χ1n) is 22.0. The zero-order chi connectivity index (χ0) is 45.6. The number of likely N-dealkylation sites (N-methyl/N-ethyl adjacent to an activating group) is 2. The second-order valence-corrected chi connectivity index (χ2v) is 22.5. The highest BCUT2D eigenvalue weighted by atomic mass is 28.4. The Balaban J connectivity index is 2.26. The molecule has 1 aromatic carbocycles. The van der Waals surface area contributed by atoms with Crippen molar-refractivity contribution in [2.75, 3.05) is 34.9 Å². The molecule has 14 nitrogen and oxygen atoms in total. The first kappa shape index (κ1) is 52.8. The molecule has 0 spiro atoms. The molecule has 1 fully saturated rings. The van der Waals surface area contributed by atoms with Crippen LogP contribution in [0.1, 0.15) is 106 Å². The number of hydrogen-bond donors (Lipinski definition) is 4. The van der Waals surface area contributed by atoms with Gasteiger partial charge in [-0.15, -0.1) is 0 Å². The van der Waals surface area contributed by atoms with Crippen LogP contribution in [-0.2, 0) is 33.4 Å². The summed E-state index contributed by atoms with van der Waals surface area (Å²) in [7, 11) is 4.06. The molecule has 4 N–H and O–H groups in total. The second-order valence-electron chi connectivity index (χ2n) is 18.3. The summed E-state index contributed by atoms with van der Waals surface area (Å²) >= 11 is 0. The Hall–Kier alpha value is -3.37. The summed E-state index contributed by atoms with van der Waals surface area (Å²) in [5.74, 6) is -2.66. The molecule has 15 heteroatoms. The van der Waals surface area contributed by atoms with Crippen LogP contribution in [0.3, 0.4) is 0 Å². The molecule has 0 saturated carbocycles. The van der Waals surface area contributed by atoms with Crippen LogP contribution in [0.5, 0.6) is 0 Å². The smallest absolute Gasteiger partial charge is 0.245 e. The van der Waals surface area contributed by atoms with Gasteiger partial charge < -0.3 is 44.7 Å². The Bertz CT molecular complexity index is 1530.